The van der Waals surface area contributed by atoms with Crippen molar-refractivity contribution in [2.24, 2.45) is 11.3 Å². The SMILES string of the molecule is O=C(NCCCc1nn[nH]n1)[C@]12COC[C@H]1CN(CCc1ccccc1)C2. The Morgan fingerprint density at radius 1 is 1.33 bits per heavy atom. The number of benzene rings is 1. The van der Waals surface area contributed by atoms with Crippen LogP contribution in [0, 0.1) is 11.3 Å². The number of ether oxygens (including phenoxy) is 1. The van der Waals surface area contributed by atoms with E-state index in [2.05, 4.69) is 55.1 Å². The number of H-pyrrole nitrogens is 1. The van der Waals surface area contributed by atoms with E-state index in [1.165, 1.54) is 5.56 Å². The summed E-state index contributed by atoms with van der Waals surface area (Å²) in [6, 6.07) is 10.5. The van der Waals surface area contributed by atoms with E-state index in [-0.39, 0.29) is 11.8 Å². The van der Waals surface area contributed by atoms with Gasteiger partial charge in [0.15, 0.2) is 5.82 Å². The lowest BCUT2D eigenvalue weighted by molar-refractivity contribution is -0.131. The molecule has 1 amide bonds. The van der Waals surface area contributed by atoms with Gasteiger partial charge >= 0.3 is 0 Å². The van der Waals surface area contributed by atoms with E-state index in [9.17, 15) is 4.79 Å². The Bertz CT molecular complexity index is 738. The van der Waals surface area contributed by atoms with Crippen molar-refractivity contribution < 1.29 is 9.53 Å². The van der Waals surface area contributed by atoms with Crippen molar-refractivity contribution >= 4 is 5.91 Å². The van der Waals surface area contributed by atoms with Crippen LogP contribution in [-0.4, -0.2) is 70.8 Å². The molecule has 0 unspecified atom stereocenters. The van der Waals surface area contributed by atoms with E-state index in [0.717, 1.165) is 32.5 Å². The number of carbonyl (C=O) groups is 1. The molecule has 144 valence electrons. The Hall–Kier alpha value is -2.32. The summed E-state index contributed by atoms with van der Waals surface area (Å²) in [5.74, 6) is 1.09. The van der Waals surface area contributed by atoms with Gasteiger partial charge in [-0.1, -0.05) is 35.5 Å². The zero-order valence-corrected chi connectivity index (χ0v) is 15.4. The van der Waals surface area contributed by atoms with Crippen LogP contribution in [0.4, 0.5) is 0 Å². The number of amides is 1. The average molecular weight is 370 g/mol. The molecule has 8 nitrogen and oxygen atoms in total. The van der Waals surface area contributed by atoms with Crippen LogP contribution in [0.2, 0.25) is 0 Å². The fourth-order valence-corrected chi connectivity index (χ4v) is 4.18. The van der Waals surface area contributed by atoms with Crippen molar-refractivity contribution in [3.05, 3.63) is 41.7 Å². The summed E-state index contributed by atoms with van der Waals surface area (Å²) >= 11 is 0. The third-order valence-corrected chi connectivity index (χ3v) is 5.71. The molecule has 2 atom stereocenters. The van der Waals surface area contributed by atoms with Crippen LogP contribution in [0.3, 0.4) is 0 Å². The molecule has 27 heavy (non-hydrogen) atoms. The summed E-state index contributed by atoms with van der Waals surface area (Å²) in [6.45, 7) is 4.51. The molecule has 1 aromatic heterocycles. The van der Waals surface area contributed by atoms with Crippen LogP contribution in [0.1, 0.15) is 17.8 Å². The Kier molecular flexibility index (Phi) is 5.45. The van der Waals surface area contributed by atoms with E-state index in [4.69, 9.17) is 4.74 Å². The van der Waals surface area contributed by atoms with Gasteiger partial charge in [0.1, 0.15) is 0 Å². The van der Waals surface area contributed by atoms with E-state index in [0.29, 0.717) is 32.0 Å². The van der Waals surface area contributed by atoms with Crippen LogP contribution in [0.15, 0.2) is 30.3 Å². The minimum Gasteiger partial charge on any atom is -0.380 e. The highest BCUT2D eigenvalue weighted by Gasteiger charge is 2.55. The van der Waals surface area contributed by atoms with Gasteiger partial charge in [0.2, 0.25) is 5.91 Å². The molecule has 4 rings (SSSR count). The maximum absolute atomic E-state index is 13.0. The molecule has 2 N–H and O–H groups in total. The second kappa shape index (κ2) is 8.14. The van der Waals surface area contributed by atoms with Gasteiger partial charge in [-0.3, -0.25) is 4.79 Å². The van der Waals surface area contributed by atoms with Crippen LogP contribution in [0.5, 0.6) is 0 Å². The van der Waals surface area contributed by atoms with Gasteiger partial charge in [0.05, 0.1) is 18.6 Å². The second-order valence-corrected chi connectivity index (χ2v) is 7.53. The van der Waals surface area contributed by atoms with Crippen molar-refractivity contribution in [2.75, 3.05) is 39.4 Å². The predicted molar refractivity (Wildman–Crippen MR) is 98.8 cm³/mol. The second-order valence-electron chi connectivity index (χ2n) is 7.53. The third kappa shape index (κ3) is 4.01. The minimum absolute atomic E-state index is 0.125. The van der Waals surface area contributed by atoms with Gasteiger partial charge in [-0.2, -0.15) is 5.21 Å². The van der Waals surface area contributed by atoms with E-state index in [1.54, 1.807) is 0 Å². The van der Waals surface area contributed by atoms with Gasteiger partial charge < -0.3 is 15.0 Å². The number of fused-ring (bicyclic) bond motifs is 1. The number of aromatic nitrogens is 4. The maximum atomic E-state index is 13.0. The van der Waals surface area contributed by atoms with Gasteiger partial charge in [-0.25, -0.2) is 0 Å². The maximum Gasteiger partial charge on any atom is 0.230 e. The molecule has 0 radical (unpaired) electrons. The summed E-state index contributed by atoms with van der Waals surface area (Å²) in [4.78, 5) is 15.4. The van der Waals surface area contributed by atoms with Crippen LogP contribution in [-0.2, 0) is 22.4 Å². The number of rotatable bonds is 8. The monoisotopic (exact) mass is 370 g/mol. The Morgan fingerprint density at radius 3 is 3.04 bits per heavy atom. The molecule has 0 aliphatic carbocycles. The topological polar surface area (TPSA) is 96.0 Å². The number of aryl methyl sites for hydroxylation is 1. The molecule has 2 aliphatic heterocycles. The number of hydrogen-bond donors (Lipinski definition) is 2. The van der Waals surface area contributed by atoms with Crippen molar-refractivity contribution in [3.63, 3.8) is 0 Å². The first-order valence-corrected chi connectivity index (χ1v) is 9.61. The predicted octanol–water partition coefficient (Wildman–Crippen LogP) is 0.440. The smallest absolute Gasteiger partial charge is 0.230 e. The molecule has 2 saturated heterocycles. The highest BCUT2D eigenvalue weighted by molar-refractivity contribution is 5.84. The fraction of sp³-hybridized carbons (Fsp3) is 0.579. The molecule has 8 heteroatoms. The molecule has 2 fully saturated rings. The Balaban J connectivity index is 1.28. The number of nitrogens with one attached hydrogen (secondary N) is 2. The number of likely N-dealkylation sites (tertiary alicyclic amines) is 1. The highest BCUT2D eigenvalue weighted by Crippen LogP contribution is 2.41. The fourth-order valence-electron chi connectivity index (χ4n) is 4.18. The lowest BCUT2D eigenvalue weighted by atomic mass is 9.80. The number of carbonyl (C=O) groups excluding carboxylic acids is 1. The lowest BCUT2D eigenvalue weighted by Crippen LogP contribution is -2.47. The third-order valence-electron chi connectivity index (χ3n) is 5.71. The molecule has 0 saturated carbocycles. The molecule has 0 bridgehead atoms. The van der Waals surface area contributed by atoms with Crippen LogP contribution in [0.25, 0.3) is 0 Å². The van der Waals surface area contributed by atoms with E-state index >= 15 is 0 Å². The molecule has 0 spiro atoms. The Morgan fingerprint density at radius 2 is 2.22 bits per heavy atom. The van der Waals surface area contributed by atoms with Crippen LogP contribution < -0.4 is 5.32 Å². The number of hydrogen-bond acceptors (Lipinski definition) is 6. The normalized spacial score (nSPS) is 24.8. The standard InChI is InChI=1S/C19H26N6O2/c26-18(20-9-4-7-17-21-23-24-22-17)19-13-25(11-16(19)12-27-14-19)10-8-15-5-2-1-3-6-15/h1-3,5-6,16H,4,7-14H2,(H,20,26)(H,21,22,23,24)/t16-,19-/m1/s1. The zero-order valence-electron chi connectivity index (χ0n) is 15.4. The van der Waals surface area contributed by atoms with Crippen LogP contribution >= 0.6 is 0 Å². The largest absolute Gasteiger partial charge is 0.380 e. The van der Waals surface area contributed by atoms with Crippen molar-refractivity contribution in [1.82, 2.24) is 30.8 Å². The van der Waals surface area contributed by atoms with Crippen molar-refractivity contribution in [3.8, 4) is 0 Å². The van der Waals surface area contributed by atoms with Gasteiger partial charge in [0.25, 0.3) is 0 Å². The van der Waals surface area contributed by atoms with Crippen molar-refractivity contribution in [2.45, 2.75) is 19.3 Å². The van der Waals surface area contributed by atoms with Crippen molar-refractivity contribution in [1.29, 1.82) is 0 Å². The van der Waals surface area contributed by atoms with E-state index in [1.807, 2.05) is 6.07 Å². The molecular formula is C19H26N6O2. The number of nitrogens with zero attached hydrogens (tertiary/aromatic N) is 4. The Labute approximate surface area is 158 Å². The lowest BCUT2D eigenvalue weighted by Gasteiger charge is -2.26. The van der Waals surface area contributed by atoms with E-state index < -0.39 is 5.41 Å². The zero-order chi connectivity index (χ0) is 18.5. The summed E-state index contributed by atoms with van der Waals surface area (Å²) in [5.41, 5.74) is 0.939. The summed E-state index contributed by atoms with van der Waals surface area (Å²) in [7, 11) is 0. The average Bonchev–Trinajstić information content (AvgIpc) is 3.40. The highest BCUT2D eigenvalue weighted by atomic mass is 16.5. The first-order valence-electron chi connectivity index (χ1n) is 9.61. The first-order chi connectivity index (χ1) is 13.3. The molecule has 2 aromatic rings. The molecule has 2 aliphatic rings. The minimum atomic E-state index is -0.400. The summed E-state index contributed by atoms with van der Waals surface area (Å²) in [5, 5.41) is 17.0. The molecule has 1 aromatic carbocycles. The number of aromatic amines is 1. The first kappa shape index (κ1) is 18.1. The quantitative estimate of drug-likeness (QED) is 0.655. The number of tetrazole rings is 1. The van der Waals surface area contributed by atoms with Gasteiger partial charge in [-0.15, -0.1) is 10.2 Å². The summed E-state index contributed by atoms with van der Waals surface area (Å²) in [6.07, 6.45) is 2.51. The summed E-state index contributed by atoms with van der Waals surface area (Å²) < 4.78 is 5.69. The molecular weight excluding hydrogens is 344 g/mol. The molecule has 3 heterocycles. The van der Waals surface area contributed by atoms with Gasteiger partial charge in [-0.05, 0) is 18.4 Å². The van der Waals surface area contributed by atoms with Gasteiger partial charge in [0, 0.05) is 38.5 Å².